The molecule has 0 saturated carbocycles. The van der Waals surface area contributed by atoms with Crippen molar-refractivity contribution in [2.75, 3.05) is 6.61 Å². The van der Waals surface area contributed by atoms with E-state index in [0.29, 0.717) is 0 Å². The number of carbonyl (C=O) groups is 1. The van der Waals surface area contributed by atoms with Gasteiger partial charge in [0.1, 0.15) is 0 Å². The smallest absolute Gasteiger partial charge is 0.362 e. The molecule has 0 aliphatic heterocycles. The van der Waals surface area contributed by atoms with Crippen molar-refractivity contribution in [3.8, 4) is 0 Å². The SMILES string of the molecule is CCOC(=O)c1nc2[nH]c(=O)[nH]c(=O)c2[nH]c1=O. The molecule has 0 aromatic carbocycles. The van der Waals surface area contributed by atoms with Crippen molar-refractivity contribution in [2.45, 2.75) is 6.92 Å². The number of aromatic nitrogens is 4. The van der Waals surface area contributed by atoms with Crippen LogP contribution in [-0.4, -0.2) is 32.5 Å². The van der Waals surface area contributed by atoms with E-state index in [4.69, 9.17) is 0 Å². The van der Waals surface area contributed by atoms with Gasteiger partial charge in [0.25, 0.3) is 11.1 Å². The second kappa shape index (κ2) is 4.28. The van der Waals surface area contributed by atoms with Gasteiger partial charge < -0.3 is 9.72 Å². The van der Waals surface area contributed by atoms with Crippen molar-refractivity contribution in [1.29, 1.82) is 0 Å². The molecule has 2 heterocycles. The number of H-pyrrole nitrogens is 3. The topological polar surface area (TPSA) is 138 Å². The van der Waals surface area contributed by atoms with Gasteiger partial charge in [-0.1, -0.05) is 0 Å². The van der Waals surface area contributed by atoms with E-state index in [9.17, 15) is 19.2 Å². The number of rotatable bonds is 2. The molecule has 0 amide bonds. The number of carbonyl (C=O) groups excluding carboxylic acids is 1. The van der Waals surface area contributed by atoms with Gasteiger partial charge in [-0.3, -0.25) is 19.6 Å². The molecule has 9 heteroatoms. The summed E-state index contributed by atoms with van der Waals surface area (Å²) in [5.41, 5.74) is -3.38. The van der Waals surface area contributed by atoms with Crippen molar-refractivity contribution >= 4 is 17.1 Å². The monoisotopic (exact) mass is 252 g/mol. The molecule has 0 unspecified atom stereocenters. The number of esters is 1. The number of hydrogen-bond donors (Lipinski definition) is 3. The number of fused-ring (bicyclic) bond motifs is 1. The fourth-order valence-electron chi connectivity index (χ4n) is 1.35. The van der Waals surface area contributed by atoms with Gasteiger partial charge in [0.15, 0.2) is 11.2 Å². The standard InChI is InChI=1S/C9H8N4O5/c1-2-18-8(16)4-7(15)11-3-5(10-4)12-9(17)13-6(3)14/h2H2,1H3,(H,11,15)(H2,10,12,13,14,17). The summed E-state index contributed by atoms with van der Waals surface area (Å²) in [7, 11) is 0. The third-order valence-corrected chi connectivity index (χ3v) is 2.07. The lowest BCUT2D eigenvalue weighted by atomic mass is 10.4. The molecule has 0 aliphatic rings. The maximum Gasteiger partial charge on any atom is 0.362 e. The highest BCUT2D eigenvalue weighted by Crippen LogP contribution is 1.97. The van der Waals surface area contributed by atoms with Gasteiger partial charge in [0, 0.05) is 0 Å². The summed E-state index contributed by atoms with van der Waals surface area (Å²) in [6.07, 6.45) is 0. The Morgan fingerprint density at radius 3 is 2.56 bits per heavy atom. The second-order valence-electron chi connectivity index (χ2n) is 3.27. The maximum atomic E-state index is 11.5. The van der Waals surface area contributed by atoms with Crippen LogP contribution in [0.4, 0.5) is 0 Å². The van der Waals surface area contributed by atoms with Crippen molar-refractivity contribution in [3.63, 3.8) is 0 Å². The summed E-state index contributed by atoms with van der Waals surface area (Å²) in [5, 5.41) is 0. The van der Waals surface area contributed by atoms with Crippen LogP contribution in [0.1, 0.15) is 17.4 Å². The Morgan fingerprint density at radius 2 is 1.89 bits per heavy atom. The molecular weight excluding hydrogens is 244 g/mol. The highest BCUT2D eigenvalue weighted by Gasteiger charge is 2.16. The average Bonchev–Trinajstić information content (AvgIpc) is 2.29. The van der Waals surface area contributed by atoms with Gasteiger partial charge in [-0.05, 0) is 6.92 Å². The highest BCUT2D eigenvalue weighted by atomic mass is 16.5. The minimum absolute atomic E-state index is 0.0733. The molecule has 94 valence electrons. The first-order valence-electron chi connectivity index (χ1n) is 4.96. The highest BCUT2D eigenvalue weighted by molar-refractivity contribution is 5.88. The van der Waals surface area contributed by atoms with Gasteiger partial charge in [-0.2, -0.15) is 0 Å². The van der Waals surface area contributed by atoms with Crippen LogP contribution in [0.3, 0.4) is 0 Å². The average molecular weight is 252 g/mol. The summed E-state index contributed by atoms with van der Waals surface area (Å²) in [4.78, 5) is 55.2. The summed E-state index contributed by atoms with van der Waals surface area (Å²) < 4.78 is 4.62. The Hall–Kier alpha value is -2.71. The molecule has 0 spiro atoms. The molecule has 0 radical (unpaired) electrons. The Kier molecular flexibility index (Phi) is 2.80. The molecule has 0 fully saturated rings. The summed E-state index contributed by atoms with van der Waals surface area (Å²) in [6.45, 7) is 1.64. The van der Waals surface area contributed by atoms with Crippen LogP contribution in [0.15, 0.2) is 14.4 Å². The third-order valence-electron chi connectivity index (χ3n) is 2.07. The van der Waals surface area contributed by atoms with Crippen LogP contribution >= 0.6 is 0 Å². The summed E-state index contributed by atoms with van der Waals surface area (Å²) in [5.74, 6) is -0.929. The molecular formula is C9H8N4O5. The van der Waals surface area contributed by atoms with Crippen LogP contribution in [-0.2, 0) is 4.74 Å². The lowest BCUT2D eigenvalue weighted by molar-refractivity contribution is 0.0517. The molecule has 0 bridgehead atoms. The molecule has 2 aromatic heterocycles. The molecule has 3 N–H and O–H groups in total. The van der Waals surface area contributed by atoms with Crippen LogP contribution < -0.4 is 16.8 Å². The van der Waals surface area contributed by atoms with E-state index in [1.807, 2.05) is 4.98 Å². The zero-order chi connectivity index (χ0) is 13.3. The summed E-state index contributed by atoms with van der Waals surface area (Å²) in [6, 6.07) is 0. The van der Waals surface area contributed by atoms with E-state index >= 15 is 0 Å². The van der Waals surface area contributed by atoms with Crippen molar-refractivity contribution in [2.24, 2.45) is 0 Å². The van der Waals surface area contributed by atoms with E-state index in [2.05, 4.69) is 19.7 Å². The number of ether oxygens (including phenoxy) is 1. The Bertz CT molecular complexity index is 784. The molecule has 0 atom stereocenters. The maximum absolute atomic E-state index is 11.5. The number of nitrogens with zero attached hydrogens (tertiary/aromatic N) is 1. The van der Waals surface area contributed by atoms with Crippen molar-refractivity contribution < 1.29 is 9.53 Å². The first-order valence-corrected chi connectivity index (χ1v) is 4.96. The van der Waals surface area contributed by atoms with E-state index in [0.717, 1.165) is 0 Å². The minimum Gasteiger partial charge on any atom is -0.461 e. The van der Waals surface area contributed by atoms with E-state index < -0.39 is 28.5 Å². The number of aromatic amines is 3. The van der Waals surface area contributed by atoms with Crippen LogP contribution in [0.25, 0.3) is 11.2 Å². The first kappa shape index (κ1) is 11.8. The fourth-order valence-corrected chi connectivity index (χ4v) is 1.35. The largest absolute Gasteiger partial charge is 0.461 e. The molecule has 2 aromatic rings. The van der Waals surface area contributed by atoms with Gasteiger partial charge in [-0.25, -0.2) is 14.6 Å². The molecule has 9 nitrogen and oxygen atoms in total. The Labute approximate surface area is 97.8 Å². The number of nitrogens with one attached hydrogen (secondary N) is 3. The fraction of sp³-hybridized carbons (Fsp3) is 0.222. The van der Waals surface area contributed by atoms with E-state index in [1.54, 1.807) is 6.92 Å². The van der Waals surface area contributed by atoms with Crippen molar-refractivity contribution in [3.05, 3.63) is 36.9 Å². The lowest BCUT2D eigenvalue weighted by Gasteiger charge is -2.01. The molecule has 18 heavy (non-hydrogen) atoms. The normalized spacial score (nSPS) is 10.5. The molecule has 0 aliphatic carbocycles. The molecule has 0 saturated heterocycles. The summed E-state index contributed by atoms with van der Waals surface area (Å²) >= 11 is 0. The Morgan fingerprint density at radius 1 is 1.17 bits per heavy atom. The van der Waals surface area contributed by atoms with Crippen LogP contribution in [0.2, 0.25) is 0 Å². The van der Waals surface area contributed by atoms with Gasteiger partial charge >= 0.3 is 11.7 Å². The lowest BCUT2D eigenvalue weighted by Crippen LogP contribution is -2.29. The predicted octanol–water partition coefficient (Wildman–Crippen LogP) is -1.52. The van der Waals surface area contributed by atoms with Crippen molar-refractivity contribution in [1.82, 2.24) is 19.9 Å². The molecule has 2 rings (SSSR count). The first-order chi connectivity index (χ1) is 8.52. The zero-order valence-corrected chi connectivity index (χ0v) is 9.20. The quantitative estimate of drug-likeness (QED) is 0.554. The third kappa shape index (κ3) is 1.93. The van der Waals surface area contributed by atoms with E-state index in [1.165, 1.54) is 0 Å². The number of hydrogen-bond acceptors (Lipinski definition) is 6. The second-order valence-corrected chi connectivity index (χ2v) is 3.27. The van der Waals surface area contributed by atoms with Gasteiger partial charge in [0.2, 0.25) is 5.69 Å². The van der Waals surface area contributed by atoms with Gasteiger partial charge in [-0.15, -0.1) is 0 Å². The zero-order valence-electron chi connectivity index (χ0n) is 9.20. The van der Waals surface area contributed by atoms with Crippen LogP contribution in [0, 0.1) is 0 Å². The predicted molar refractivity (Wildman–Crippen MR) is 59.6 cm³/mol. The van der Waals surface area contributed by atoms with Gasteiger partial charge in [0.05, 0.1) is 6.61 Å². The minimum atomic E-state index is -0.929. The van der Waals surface area contributed by atoms with Crippen LogP contribution in [0.5, 0.6) is 0 Å². The van der Waals surface area contributed by atoms with E-state index in [-0.39, 0.29) is 17.8 Å². The Balaban J connectivity index is 2.76.